The molecule has 96 valence electrons. The van der Waals surface area contributed by atoms with Gasteiger partial charge in [0.1, 0.15) is 0 Å². The lowest BCUT2D eigenvalue weighted by molar-refractivity contribution is -0.0342. The highest BCUT2D eigenvalue weighted by Gasteiger charge is 2.27. The van der Waals surface area contributed by atoms with Gasteiger partial charge in [0.2, 0.25) is 0 Å². The Balaban J connectivity index is 2.02. The first-order valence-corrected chi connectivity index (χ1v) is 7.24. The van der Waals surface area contributed by atoms with E-state index in [-0.39, 0.29) is 12.2 Å². The average molecular weight is 260 g/mol. The van der Waals surface area contributed by atoms with Crippen molar-refractivity contribution in [1.29, 1.82) is 0 Å². The van der Waals surface area contributed by atoms with E-state index in [0.29, 0.717) is 19.4 Å². The van der Waals surface area contributed by atoms with Gasteiger partial charge in [-0.1, -0.05) is 0 Å². The van der Waals surface area contributed by atoms with Crippen LogP contribution in [0.2, 0.25) is 0 Å². The van der Waals surface area contributed by atoms with Crippen LogP contribution in [0.4, 0.5) is 0 Å². The van der Waals surface area contributed by atoms with Crippen molar-refractivity contribution in [3.8, 4) is 0 Å². The van der Waals surface area contributed by atoms with E-state index in [4.69, 9.17) is 8.92 Å². The lowest BCUT2D eigenvalue weighted by Gasteiger charge is -2.28. The van der Waals surface area contributed by atoms with Crippen molar-refractivity contribution < 1.29 is 17.3 Å². The Bertz CT molecular complexity index is 482. The first-order chi connectivity index (χ1) is 7.94. The fraction of sp³-hybridized carbons (Fsp3) is 0.700. The summed E-state index contributed by atoms with van der Waals surface area (Å²) in [6.07, 6.45) is 5.37. The van der Waals surface area contributed by atoms with Crippen LogP contribution in [-0.2, 0) is 26.1 Å². The maximum Gasteiger partial charge on any atom is 0.264 e. The van der Waals surface area contributed by atoms with Crippen molar-refractivity contribution in [2.75, 3.05) is 12.9 Å². The Morgan fingerprint density at radius 2 is 2.35 bits per heavy atom. The Morgan fingerprint density at radius 1 is 1.59 bits per heavy atom. The van der Waals surface area contributed by atoms with Gasteiger partial charge in [0, 0.05) is 31.8 Å². The molecule has 1 fully saturated rings. The Hall–Kier alpha value is -0.920. The monoisotopic (exact) mass is 260 g/mol. The molecule has 0 bridgehead atoms. The molecule has 0 N–H and O–H groups in total. The molecule has 17 heavy (non-hydrogen) atoms. The molecule has 0 aromatic carbocycles. The number of ether oxygens (including phenoxy) is 1. The van der Waals surface area contributed by atoms with Crippen molar-refractivity contribution >= 4 is 10.1 Å². The standard InChI is InChI=1S/C10H16N2O4S/c1-12-7-8(6-11-12)10-5-9(3-4-15-10)16-17(2,13)14/h6-7,9-10H,3-5H2,1-2H3. The first kappa shape index (κ1) is 12.5. The van der Waals surface area contributed by atoms with Crippen molar-refractivity contribution in [2.45, 2.75) is 25.0 Å². The van der Waals surface area contributed by atoms with Gasteiger partial charge in [0.05, 0.1) is 24.7 Å². The maximum atomic E-state index is 11.1. The summed E-state index contributed by atoms with van der Waals surface area (Å²) < 4.78 is 34.4. The van der Waals surface area contributed by atoms with Crippen molar-refractivity contribution in [3.63, 3.8) is 0 Å². The molecule has 1 aliphatic heterocycles. The van der Waals surface area contributed by atoms with Crippen LogP contribution in [0.5, 0.6) is 0 Å². The van der Waals surface area contributed by atoms with Crippen LogP contribution < -0.4 is 0 Å². The van der Waals surface area contributed by atoms with Crippen molar-refractivity contribution in [1.82, 2.24) is 9.78 Å². The highest BCUT2D eigenvalue weighted by molar-refractivity contribution is 7.86. The van der Waals surface area contributed by atoms with Gasteiger partial charge in [-0.05, 0) is 6.42 Å². The Morgan fingerprint density at radius 3 is 2.94 bits per heavy atom. The number of hydrogen-bond acceptors (Lipinski definition) is 5. The smallest absolute Gasteiger partial charge is 0.264 e. The number of hydrogen-bond donors (Lipinski definition) is 0. The Labute approximate surface area is 101 Å². The molecule has 6 nitrogen and oxygen atoms in total. The third kappa shape index (κ3) is 3.52. The van der Waals surface area contributed by atoms with Gasteiger partial charge in [-0.25, -0.2) is 0 Å². The van der Waals surface area contributed by atoms with Crippen LogP contribution >= 0.6 is 0 Å². The predicted octanol–water partition coefficient (Wildman–Crippen LogP) is 0.616. The number of aromatic nitrogens is 2. The molecule has 0 radical (unpaired) electrons. The summed E-state index contributed by atoms with van der Waals surface area (Å²) in [5, 5.41) is 4.07. The highest BCUT2D eigenvalue weighted by Crippen LogP contribution is 2.29. The fourth-order valence-electron chi connectivity index (χ4n) is 1.94. The normalized spacial score (nSPS) is 26.0. The molecule has 2 unspecified atom stereocenters. The summed E-state index contributed by atoms with van der Waals surface area (Å²) in [6.45, 7) is 0.500. The van der Waals surface area contributed by atoms with Gasteiger partial charge >= 0.3 is 0 Å². The van der Waals surface area contributed by atoms with Gasteiger partial charge < -0.3 is 4.74 Å². The quantitative estimate of drug-likeness (QED) is 0.745. The molecule has 0 amide bonds. The minimum Gasteiger partial charge on any atom is -0.373 e. The topological polar surface area (TPSA) is 70.4 Å². The molecular formula is C10H16N2O4S. The summed E-state index contributed by atoms with van der Waals surface area (Å²) in [6, 6.07) is 0. The molecule has 1 aromatic heterocycles. The molecule has 1 aromatic rings. The molecule has 1 aliphatic rings. The molecule has 2 atom stereocenters. The summed E-state index contributed by atoms with van der Waals surface area (Å²) in [5.41, 5.74) is 0.953. The van der Waals surface area contributed by atoms with Crippen molar-refractivity contribution in [3.05, 3.63) is 18.0 Å². The average Bonchev–Trinajstić information content (AvgIpc) is 2.63. The van der Waals surface area contributed by atoms with E-state index in [1.165, 1.54) is 0 Å². The maximum absolute atomic E-state index is 11.1. The number of nitrogens with zero attached hydrogens (tertiary/aromatic N) is 2. The summed E-state index contributed by atoms with van der Waals surface area (Å²) in [5.74, 6) is 0. The molecule has 2 heterocycles. The molecule has 7 heteroatoms. The summed E-state index contributed by atoms with van der Waals surface area (Å²) in [7, 11) is -1.57. The molecule has 0 saturated carbocycles. The largest absolute Gasteiger partial charge is 0.373 e. The van der Waals surface area contributed by atoms with Crippen molar-refractivity contribution in [2.24, 2.45) is 7.05 Å². The zero-order valence-electron chi connectivity index (χ0n) is 9.87. The van der Waals surface area contributed by atoms with Gasteiger partial charge in [0.25, 0.3) is 10.1 Å². The molecule has 0 spiro atoms. The van der Waals surface area contributed by atoms with E-state index < -0.39 is 10.1 Å². The van der Waals surface area contributed by atoms with Gasteiger partial charge in [-0.2, -0.15) is 13.5 Å². The fourth-order valence-corrected chi connectivity index (χ4v) is 2.61. The van der Waals surface area contributed by atoms with Crippen LogP contribution in [0.15, 0.2) is 12.4 Å². The van der Waals surface area contributed by atoms with Crippen LogP contribution in [0.25, 0.3) is 0 Å². The number of rotatable bonds is 3. The van der Waals surface area contributed by atoms with Crippen LogP contribution in [0.1, 0.15) is 24.5 Å². The zero-order valence-corrected chi connectivity index (χ0v) is 10.7. The third-order valence-corrected chi connectivity index (χ3v) is 3.27. The van der Waals surface area contributed by atoms with Crippen LogP contribution in [-0.4, -0.2) is 37.2 Å². The van der Waals surface area contributed by atoms with E-state index in [9.17, 15) is 8.42 Å². The second-order valence-corrected chi connectivity index (χ2v) is 5.85. The first-order valence-electron chi connectivity index (χ1n) is 5.42. The Kier molecular flexibility index (Phi) is 3.50. The van der Waals surface area contributed by atoms with Gasteiger partial charge in [-0.3, -0.25) is 8.86 Å². The minimum absolute atomic E-state index is 0.135. The van der Waals surface area contributed by atoms with E-state index in [0.717, 1.165) is 11.8 Å². The summed E-state index contributed by atoms with van der Waals surface area (Å²) in [4.78, 5) is 0. The third-order valence-electron chi connectivity index (χ3n) is 2.64. The van der Waals surface area contributed by atoms with Gasteiger partial charge in [-0.15, -0.1) is 0 Å². The lowest BCUT2D eigenvalue weighted by Crippen LogP contribution is -2.28. The van der Waals surface area contributed by atoms with E-state index >= 15 is 0 Å². The highest BCUT2D eigenvalue weighted by atomic mass is 32.2. The van der Waals surface area contributed by atoms with Gasteiger partial charge in [0.15, 0.2) is 0 Å². The lowest BCUT2D eigenvalue weighted by atomic mass is 10.0. The predicted molar refractivity (Wildman–Crippen MR) is 60.9 cm³/mol. The number of aryl methyl sites for hydroxylation is 1. The van der Waals surface area contributed by atoms with E-state index in [2.05, 4.69) is 5.10 Å². The summed E-state index contributed by atoms with van der Waals surface area (Å²) >= 11 is 0. The van der Waals surface area contributed by atoms with Crippen LogP contribution in [0, 0.1) is 0 Å². The second kappa shape index (κ2) is 4.75. The van der Waals surface area contributed by atoms with E-state index in [1.807, 2.05) is 13.2 Å². The SMILES string of the molecule is Cn1cc(C2CC(OS(C)(=O)=O)CCO2)cn1. The molecular weight excluding hydrogens is 244 g/mol. The minimum atomic E-state index is -3.40. The second-order valence-electron chi connectivity index (χ2n) is 4.25. The molecule has 2 rings (SSSR count). The van der Waals surface area contributed by atoms with Crippen LogP contribution in [0.3, 0.4) is 0 Å². The zero-order chi connectivity index (χ0) is 12.5. The molecule has 0 aliphatic carbocycles. The van der Waals surface area contributed by atoms with E-state index in [1.54, 1.807) is 10.9 Å². The molecule has 1 saturated heterocycles.